The van der Waals surface area contributed by atoms with Gasteiger partial charge in [-0.05, 0) is 69.1 Å². The SMILES string of the molecule is NC1CCC(N(Cc2ccc(NC(=O)C3CC3)cc2)C(=O)C2CCCCC2)CC1. The fraction of sp³-hybridized carbons (Fsp3) is 0.667. The van der Waals surface area contributed by atoms with Crippen molar-refractivity contribution < 1.29 is 9.59 Å². The van der Waals surface area contributed by atoms with Gasteiger partial charge in [-0.25, -0.2) is 0 Å². The Morgan fingerprint density at radius 2 is 1.52 bits per heavy atom. The van der Waals surface area contributed by atoms with Crippen LogP contribution in [0, 0.1) is 11.8 Å². The summed E-state index contributed by atoms with van der Waals surface area (Å²) in [5, 5.41) is 2.99. The van der Waals surface area contributed by atoms with Gasteiger partial charge in [0.1, 0.15) is 0 Å². The van der Waals surface area contributed by atoms with Gasteiger partial charge in [0.05, 0.1) is 0 Å². The Labute approximate surface area is 174 Å². The number of carbonyl (C=O) groups is 2. The van der Waals surface area contributed by atoms with E-state index >= 15 is 0 Å². The third-order valence-corrected chi connectivity index (χ3v) is 6.94. The van der Waals surface area contributed by atoms with Crippen molar-refractivity contribution in [2.45, 2.75) is 89.3 Å². The Balaban J connectivity index is 1.43. The van der Waals surface area contributed by atoms with Gasteiger partial charge in [-0.3, -0.25) is 9.59 Å². The molecule has 0 spiro atoms. The summed E-state index contributed by atoms with van der Waals surface area (Å²) in [5.74, 6) is 0.870. The number of carbonyl (C=O) groups excluding carboxylic acids is 2. The molecule has 3 fully saturated rings. The minimum absolute atomic E-state index is 0.130. The van der Waals surface area contributed by atoms with E-state index in [1.54, 1.807) is 0 Å². The summed E-state index contributed by atoms with van der Waals surface area (Å²) in [4.78, 5) is 27.5. The predicted octanol–water partition coefficient (Wildman–Crippen LogP) is 4.21. The fourth-order valence-electron chi connectivity index (χ4n) is 4.86. The molecule has 5 heteroatoms. The third kappa shape index (κ3) is 5.39. The summed E-state index contributed by atoms with van der Waals surface area (Å²) < 4.78 is 0. The molecule has 4 rings (SSSR count). The first-order chi connectivity index (χ1) is 14.1. The van der Waals surface area contributed by atoms with Crippen molar-refractivity contribution in [3.8, 4) is 0 Å². The highest BCUT2D eigenvalue weighted by atomic mass is 16.2. The summed E-state index contributed by atoms with van der Waals surface area (Å²) in [6.45, 7) is 0.659. The summed E-state index contributed by atoms with van der Waals surface area (Å²) in [6.07, 6.45) is 11.7. The van der Waals surface area contributed by atoms with Crippen molar-refractivity contribution in [3.63, 3.8) is 0 Å². The number of nitrogens with two attached hydrogens (primary N) is 1. The van der Waals surface area contributed by atoms with Crippen LogP contribution < -0.4 is 11.1 Å². The third-order valence-electron chi connectivity index (χ3n) is 6.94. The quantitative estimate of drug-likeness (QED) is 0.755. The van der Waals surface area contributed by atoms with E-state index in [0.717, 1.165) is 62.6 Å². The summed E-state index contributed by atoms with van der Waals surface area (Å²) >= 11 is 0. The molecule has 0 unspecified atom stereocenters. The largest absolute Gasteiger partial charge is 0.335 e. The first-order valence-electron chi connectivity index (χ1n) is 11.6. The fourth-order valence-corrected chi connectivity index (χ4v) is 4.86. The lowest BCUT2D eigenvalue weighted by Crippen LogP contribution is -2.46. The molecule has 0 radical (unpaired) electrons. The minimum atomic E-state index is 0.130. The molecule has 158 valence electrons. The number of nitrogens with one attached hydrogen (secondary N) is 1. The average molecular weight is 398 g/mol. The standard InChI is InChI=1S/C24H35N3O2/c25-20-10-14-22(15-11-20)27(24(29)19-4-2-1-3-5-19)16-17-6-12-21(13-7-17)26-23(28)18-8-9-18/h6-7,12-13,18-20,22H,1-5,8-11,14-16,25H2,(H,26,28). The van der Waals surface area contributed by atoms with Crippen LogP contribution in [0.15, 0.2) is 24.3 Å². The van der Waals surface area contributed by atoms with E-state index in [9.17, 15) is 9.59 Å². The van der Waals surface area contributed by atoms with Crippen molar-refractivity contribution in [2.24, 2.45) is 17.6 Å². The number of hydrogen-bond donors (Lipinski definition) is 2. The maximum Gasteiger partial charge on any atom is 0.227 e. The van der Waals surface area contributed by atoms with Crippen LogP contribution in [0.25, 0.3) is 0 Å². The summed E-state index contributed by atoms with van der Waals surface area (Å²) in [7, 11) is 0. The molecule has 0 saturated heterocycles. The van der Waals surface area contributed by atoms with Crippen molar-refractivity contribution >= 4 is 17.5 Å². The van der Waals surface area contributed by atoms with E-state index in [2.05, 4.69) is 22.3 Å². The van der Waals surface area contributed by atoms with Crippen LogP contribution >= 0.6 is 0 Å². The van der Waals surface area contributed by atoms with E-state index in [1.165, 1.54) is 19.3 Å². The van der Waals surface area contributed by atoms with Gasteiger partial charge in [-0.1, -0.05) is 31.4 Å². The second kappa shape index (κ2) is 9.29. The van der Waals surface area contributed by atoms with E-state index in [-0.39, 0.29) is 23.8 Å². The van der Waals surface area contributed by atoms with Crippen LogP contribution in [0.2, 0.25) is 0 Å². The van der Waals surface area contributed by atoms with Gasteiger partial charge in [0, 0.05) is 36.2 Å². The monoisotopic (exact) mass is 397 g/mol. The Kier molecular flexibility index (Phi) is 6.53. The molecule has 2 amide bonds. The normalized spacial score (nSPS) is 25.4. The topological polar surface area (TPSA) is 75.4 Å². The van der Waals surface area contributed by atoms with Gasteiger partial charge in [-0.15, -0.1) is 0 Å². The lowest BCUT2D eigenvalue weighted by atomic mass is 9.85. The molecule has 1 aromatic rings. The maximum absolute atomic E-state index is 13.4. The molecule has 0 aromatic heterocycles. The molecule has 3 aliphatic carbocycles. The van der Waals surface area contributed by atoms with Crippen molar-refractivity contribution in [1.82, 2.24) is 4.90 Å². The van der Waals surface area contributed by atoms with Gasteiger partial charge in [0.15, 0.2) is 0 Å². The summed E-state index contributed by atoms with van der Waals surface area (Å²) in [6, 6.07) is 8.63. The van der Waals surface area contributed by atoms with Gasteiger partial charge < -0.3 is 16.0 Å². The van der Waals surface area contributed by atoms with E-state index in [0.29, 0.717) is 18.5 Å². The van der Waals surface area contributed by atoms with Gasteiger partial charge >= 0.3 is 0 Å². The first kappa shape index (κ1) is 20.4. The molecule has 0 atom stereocenters. The van der Waals surface area contributed by atoms with Crippen LogP contribution in [0.3, 0.4) is 0 Å². The van der Waals surface area contributed by atoms with Gasteiger partial charge in [0.2, 0.25) is 11.8 Å². The zero-order valence-electron chi connectivity index (χ0n) is 17.4. The highest BCUT2D eigenvalue weighted by molar-refractivity contribution is 5.94. The molecular formula is C24H35N3O2. The highest BCUT2D eigenvalue weighted by Crippen LogP contribution is 2.32. The molecule has 0 aliphatic heterocycles. The Morgan fingerprint density at radius 3 is 2.14 bits per heavy atom. The Hall–Kier alpha value is -1.88. The molecule has 5 nitrogen and oxygen atoms in total. The highest BCUT2D eigenvalue weighted by Gasteiger charge is 2.33. The van der Waals surface area contributed by atoms with E-state index < -0.39 is 0 Å². The lowest BCUT2D eigenvalue weighted by molar-refractivity contribution is -0.140. The number of rotatable bonds is 6. The van der Waals surface area contributed by atoms with Crippen LogP contribution in [0.5, 0.6) is 0 Å². The Morgan fingerprint density at radius 1 is 0.862 bits per heavy atom. The van der Waals surface area contributed by atoms with E-state index in [4.69, 9.17) is 5.73 Å². The van der Waals surface area contributed by atoms with Crippen LogP contribution in [0.4, 0.5) is 5.69 Å². The van der Waals surface area contributed by atoms with Crippen molar-refractivity contribution in [3.05, 3.63) is 29.8 Å². The van der Waals surface area contributed by atoms with Gasteiger partial charge in [0.25, 0.3) is 0 Å². The van der Waals surface area contributed by atoms with Crippen LogP contribution in [-0.2, 0) is 16.1 Å². The number of benzene rings is 1. The smallest absolute Gasteiger partial charge is 0.227 e. The maximum atomic E-state index is 13.4. The molecule has 29 heavy (non-hydrogen) atoms. The van der Waals surface area contributed by atoms with Crippen molar-refractivity contribution in [2.75, 3.05) is 5.32 Å². The van der Waals surface area contributed by atoms with Gasteiger partial charge in [-0.2, -0.15) is 0 Å². The number of anilines is 1. The lowest BCUT2D eigenvalue weighted by Gasteiger charge is -2.39. The van der Waals surface area contributed by atoms with Crippen LogP contribution in [-0.4, -0.2) is 28.8 Å². The molecule has 3 saturated carbocycles. The minimum Gasteiger partial charge on any atom is -0.335 e. The molecule has 0 bridgehead atoms. The molecule has 3 N–H and O–H groups in total. The predicted molar refractivity (Wildman–Crippen MR) is 115 cm³/mol. The number of amides is 2. The zero-order valence-corrected chi connectivity index (χ0v) is 17.4. The van der Waals surface area contributed by atoms with Crippen LogP contribution in [0.1, 0.15) is 76.2 Å². The Bertz CT molecular complexity index is 699. The second-order valence-electron chi connectivity index (χ2n) is 9.33. The summed E-state index contributed by atoms with van der Waals surface area (Å²) in [5.41, 5.74) is 8.09. The molecule has 3 aliphatic rings. The second-order valence-corrected chi connectivity index (χ2v) is 9.33. The number of hydrogen-bond acceptors (Lipinski definition) is 3. The average Bonchev–Trinajstić information content (AvgIpc) is 3.60. The number of nitrogens with zero attached hydrogens (tertiary/aromatic N) is 1. The van der Waals surface area contributed by atoms with E-state index in [1.807, 2.05) is 12.1 Å². The van der Waals surface area contributed by atoms with Crippen molar-refractivity contribution in [1.29, 1.82) is 0 Å². The molecular weight excluding hydrogens is 362 g/mol. The molecule has 0 heterocycles. The first-order valence-corrected chi connectivity index (χ1v) is 11.6. The molecule has 1 aromatic carbocycles. The zero-order chi connectivity index (χ0) is 20.2.